The highest BCUT2D eigenvalue weighted by molar-refractivity contribution is 5.90. The molecule has 0 bridgehead atoms. The molecule has 2 heterocycles. The van der Waals surface area contributed by atoms with E-state index in [-0.39, 0.29) is 0 Å². The molecule has 0 amide bonds. The van der Waals surface area contributed by atoms with E-state index in [1.54, 1.807) is 12.3 Å². The molecule has 1 aromatic carbocycles. The molecule has 0 aliphatic rings. The van der Waals surface area contributed by atoms with Crippen molar-refractivity contribution in [3.8, 4) is 11.3 Å². The number of fused-ring (bicyclic) bond motifs is 1. The van der Waals surface area contributed by atoms with Gasteiger partial charge in [0.15, 0.2) is 0 Å². The summed E-state index contributed by atoms with van der Waals surface area (Å²) in [6, 6.07) is 5.10. The third-order valence-electron chi connectivity index (χ3n) is 2.49. The predicted molar refractivity (Wildman–Crippen MR) is 59.2 cm³/mol. The van der Waals surface area contributed by atoms with Crippen LogP contribution in [-0.4, -0.2) is 15.0 Å². The van der Waals surface area contributed by atoms with Crippen molar-refractivity contribution in [2.45, 2.75) is 0 Å². The SMILES string of the molecule is Fc1cc(F)cc(-c2ncnc3[nH]ccc23)c1. The van der Waals surface area contributed by atoms with Crippen LogP contribution in [0.25, 0.3) is 22.3 Å². The van der Waals surface area contributed by atoms with E-state index in [1.807, 2.05) is 0 Å². The Labute approximate surface area is 95.1 Å². The van der Waals surface area contributed by atoms with E-state index in [4.69, 9.17) is 0 Å². The summed E-state index contributed by atoms with van der Waals surface area (Å²) in [5.41, 5.74) is 1.55. The van der Waals surface area contributed by atoms with Gasteiger partial charge in [-0.15, -0.1) is 0 Å². The highest BCUT2D eigenvalue weighted by Crippen LogP contribution is 2.25. The molecule has 17 heavy (non-hydrogen) atoms. The third kappa shape index (κ3) is 1.65. The molecule has 0 aliphatic heterocycles. The molecule has 3 aromatic rings. The van der Waals surface area contributed by atoms with E-state index >= 15 is 0 Å². The van der Waals surface area contributed by atoms with Crippen molar-refractivity contribution in [1.82, 2.24) is 15.0 Å². The van der Waals surface area contributed by atoms with E-state index in [1.165, 1.54) is 18.5 Å². The van der Waals surface area contributed by atoms with Gasteiger partial charge < -0.3 is 4.98 Å². The van der Waals surface area contributed by atoms with Gasteiger partial charge >= 0.3 is 0 Å². The van der Waals surface area contributed by atoms with Crippen LogP contribution in [0.4, 0.5) is 8.78 Å². The van der Waals surface area contributed by atoms with Crippen molar-refractivity contribution in [2.24, 2.45) is 0 Å². The first-order valence-corrected chi connectivity index (χ1v) is 4.98. The lowest BCUT2D eigenvalue weighted by atomic mass is 10.1. The minimum atomic E-state index is -0.623. The fourth-order valence-electron chi connectivity index (χ4n) is 1.79. The van der Waals surface area contributed by atoms with E-state index < -0.39 is 11.6 Å². The fraction of sp³-hybridized carbons (Fsp3) is 0. The average Bonchev–Trinajstić information content (AvgIpc) is 2.75. The number of benzene rings is 1. The van der Waals surface area contributed by atoms with Gasteiger partial charge in [-0.2, -0.15) is 0 Å². The van der Waals surface area contributed by atoms with Crippen molar-refractivity contribution in [3.05, 3.63) is 48.4 Å². The first kappa shape index (κ1) is 9.89. The highest BCUT2D eigenvalue weighted by Gasteiger charge is 2.09. The van der Waals surface area contributed by atoms with E-state index in [2.05, 4.69) is 15.0 Å². The summed E-state index contributed by atoms with van der Waals surface area (Å²) in [7, 11) is 0. The Morgan fingerprint density at radius 3 is 2.53 bits per heavy atom. The number of nitrogens with zero attached hydrogens (tertiary/aromatic N) is 2. The standard InChI is InChI=1S/C12H7F2N3/c13-8-3-7(4-9(14)5-8)11-10-1-2-15-12(10)17-6-16-11/h1-6H,(H,15,16,17). The second kappa shape index (κ2) is 3.62. The molecule has 1 N–H and O–H groups in total. The summed E-state index contributed by atoms with van der Waals surface area (Å²) in [5, 5.41) is 0.734. The third-order valence-corrected chi connectivity index (χ3v) is 2.49. The van der Waals surface area contributed by atoms with Gasteiger partial charge in [-0.25, -0.2) is 18.7 Å². The summed E-state index contributed by atoms with van der Waals surface area (Å²) in [4.78, 5) is 11.0. The molecule has 0 unspecified atom stereocenters. The van der Waals surface area contributed by atoms with Crippen molar-refractivity contribution < 1.29 is 8.78 Å². The van der Waals surface area contributed by atoms with Crippen LogP contribution in [0.15, 0.2) is 36.8 Å². The lowest BCUT2D eigenvalue weighted by Crippen LogP contribution is -1.89. The summed E-state index contributed by atoms with van der Waals surface area (Å²) < 4.78 is 26.3. The first-order chi connectivity index (χ1) is 8.24. The molecule has 0 atom stereocenters. The molecule has 0 saturated heterocycles. The number of hydrogen-bond acceptors (Lipinski definition) is 2. The van der Waals surface area contributed by atoms with Gasteiger partial charge in [0, 0.05) is 23.2 Å². The molecular formula is C12H7F2N3. The van der Waals surface area contributed by atoms with Crippen LogP contribution in [0.5, 0.6) is 0 Å². The van der Waals surface area contributed by atoms with Gasteiger partial charge in [0.2, 0.25) is 0 Å². The average molecular weight is 231 g/mol. The molecule has 0 aliphatic carbocycles. The van der Waals surface area contributed by atoms with Crippen LogP contribution in [-0.2, 0) is 0 Å². The smallest absolute Gasteiger partial charge is 0.141 e. The van der Waals surface area contributed by atoms with E-state index in [9.17, 15) is 8.78 Å². The molecule has 0 saturated carbocycles. The quantitative estimate of drug-likeness (QED) is 0.699. The molecule has 3 rings (SSSR count). The Morgan fingerprint density at radius 1 is 1.00 bits per heavy atom. The van der Waals surface area contributed by atoms with Crippen LogP contribution in [0.1, 0.15) is 0 Å². The van der Waals surface area contributed by atoms with Crippen molar-refractivity contribution >= 4 is 11.0 Å². The minimum absolute atomic E-state index is 0.398. The van der Waals surface area contributed by atoms with Crippen LogP contribution in [0.3, 0.4) is 0 Å². The van der Waals surface area contributed by atoms with Crippen molar-refractivity contribution in [1.29, 1.82) is 0 Å². The summed E-state index contributed by atoms with van der Waals surface area (Å²) in [6.45, 7) is 0. The second-order valence-corrected chi connectivity index (χ2v) is 3.62. The zero-order valence-corrected chi connectivity index (χ0v) is 8.61. The molecule has 0 fully saturated rings. The highest BCUT2D eigenvalue weighted by atomic mass is 19.1. The normalized spacial score (nSPS) is 10.9. The minimum Gasteiger partial charge on any atom is -0.346 e. The first-order valence-electron chi connectivity index (χ1n) is 4.98. The predicted octanol–water partition coefficient (Wildman–Crippen LogP) is 2.90. The molecule has 84 valence electrons. The Morgan fingerprint density at radius 2 is 1.76 bits per heavy atom. The fourth-order valence-corrected chi connectivity index (χ4v) is 1.79. The molecular weight excluding hydrogens is 224 g/mol. The second-order valence-electron chi connectivity index (χ2n) is 3.62. The lowest BCUT2D eigenvalue weighted by Gasteiger charge is -2.02. The van der Waals surface area contributed by atoms with Gasteiger partial charge in [0.25, 0.3) is 0 Å². The number of rotatable bonds is 1. The maximum Gasteiger partial charge on any atom is 0.141 e. The molecule has 2 aromatic heterocycles. The summed E-state index contributed by atoms with van der Waals surface area (Å²) >= 11 is 0. The van der Waals surface area contributed by atoms with Gasteiger partial charge in [-0.1, -0.05) is 0 Å². The largest absolute Gasteiger partial charge is 0.346 e. The summed E-state index contributed by atoms with van der Waals surface area (Å²) in [6.07, 6.45) is 3.06. The molecule has 0 radical (unpaired) electrons. The summed E-state index contributed by atoms with van der Waals surface area (Å²) in [5.74, 6) is -1.25. The number of halogens is 2. The number of H-pyrrole nitrogens is 1. The zero-order valence-electron chi connectivity index (χ0n) is 8.61. The van der Waals surface area contributed by atoms with Crippen LogP contribution in [0.2, 0.25) is 0 Å². The Hall–Kier alpha value is -2.30. The van der Waals surface area contributed by atoms with Crippen molar-refractivity contribution in [3.63, 3.8) is 0 Å². The maximum absolute atomic E-state index is 13.1. The van der Waals surface area contributed by atoms with Gasteiger partial charge in [-0.3, -0.25) is 0 Å². The topological polar surface area (TPSA) is 41.6 Å². The molecule has 3 nitrogen and oxygen atoms in total. The van der Waals surface area contributed by atoms with Crippen LogP contribution < -0.4 is 0 Å². The maximum atomic E-state index is 13.1. The van der Waals surface area contributed by atoms with Crippen LogP contribution >= 0.6 is 0 Å². The van der Waals surface area contributed by atoms with Crippen LogP contribution in [0, 0.1) is 11.6 Å². The van der Waals surface area contributed by atoms with Gasteiger partial charge in [0.1, 0.15) is 23.6 Å². The van der Waals surface area contributed by atoms with Gasteiger partial charge in [-0.05, 0) is 18.2 Å². The molecule has 5 heteroatoms. The number of aromatic nitrogens is 3. The number of aromatic amines is 1. The van der Waals surface area contributed by atoms with Gasteiger partial charge in [0.05, 0.1) is 5.69 Å². The zero-order chi connectivity index (χ0) is 11.8. The monoisotopic (exact) mass is 231 g/mol. The number of hydrogen-bond donors (Lipinski definition) is 1. The van der Waals surface area contributed by atoms with E-state index in [0.29, 0.717) is 16.9 Å². The van der Waals surface area contributed by atoms with E-state index in [0.717, 1.165) is 11.5 Å². The Balaban J connectivity index is 2.30. The Bertz CT molecular complexity index is 671. The Kier molecular flexibility index (Phi) is 2.11. The lowest BCUT2D eigenvalue weighted by molar-refractivity contribution is 0.584. The molecule has 0 spiro atoms. The number of nitrogens with one attached hydrogen (secondary N) is 1. The van der Waals surface area contributed by atoms with Crippen molar-refractivity contribution in [2.75, 3.05) is 0 Å².